The van der Waals surface area contributed by atoms with Gasteiger partial charge in [0.25, 0.3) is 0 Å². The molecular weight excluding hydrogens is 184 g/mol. The number of nitrogens with zero attached hydrogens (tertiary/aromatic N) is 1. The van der Waals surface area contributed by atoms with Gasteiger partial charge in [-0.3, -0.25) is 0 Å². The monoisotopic (exact) mass is 198 g/mol. The maximum absolute atomic E-state index is 9.10. The Kier molecular flexibility index (Phi) is 2.24. The van der Waals surface area contributed by atoms with Gasteiger partial charge in [0, 0.05) is 17.7 Å². The van der Waals surface area contributed by atoms with Gasteiger partial charge in [-0.1, -0.05) is 32.0 Å². The van der Waals surface area contributed by atoms with Gasteiger partial charge in [-0.15, -0.1) is 0 Å². The molecule has 2 nitrogen and oxygen atoms in total. The van der Waals surface area contributed by atoms with Crippen LogP contribution in [0.5, 0.6) is 0 Å². The van der Waals surface area contributed by atoms with Crippen LogP contribution in [0.4, 0.5) is 0 Å². The molecule has 1 aromatic rings. The minimum Gasteiger partial charge on any atom is -0.401 e. The molecule has 0 saturated carbocycles. The molecule has 0 aromatic heterocycles. The van der Waals surface area contributed by atoms with E-state index < -0.39 is 0 Å². The van der Waals surface area contributed by atoms with Crippen molar-refractivity contribution in [2.24, 2.45) is 5.73 Å². The molecule has 1 aliphatic carbocycles. The summed E-state index contributed by atoms with van der Waals surface area (Å²) in [5.74, 6) is 0.425. The lowest BCUT2D eigenvalue weighted by molar-refractivity contribution is 0.861. The quantitative estimate of drug-likeness (QED) is 0.754. The van der Waals surface area contributed by atoms with Crippen LogP contribution in [0.3, 0.4) is 0 Å². The summed E-state index contributed by atoms with van der Waals surface area (Å²) in [6, 6.07) is 8.40. The summed E-state index contributed by atoms with van der Waals surface area (Å²) in [6.07, 6.45) is 0.721. The van der Waals surface area contributed by atoms with Gasteiger partial charge in [-0.25, -0.2) is 0 Å². The molecule has 0 spiro atoms. The van der Waals surface area contributed by atoms with Gasteiger partial charge in [0.15, 0.2) is 0 Å². The second-order valence-electron chi connectivity index (χ2n) is 4.22. The molecule has 2 heteroatoms. The molecule has 2 rings (SSSR count). The van der Waals surface area contributed by atoms with Gasteiger partial charge in [0.2, 0.25) is 0 Å². The number of nitrogens with two attached hydrogens (primary N) is 1. The second kappa shape index (κ2) is 3.43. The van der Waals surface area contributed by atoms with Gasteiger partial charge in [-0.2, -0.15) is 5.26 Å². The highest BCUT2D eigenvalue weighted by Gasteiger charge is 2.23. The molecule has 1 aromatic carbocycles. The fourth-order valence-electron chi connectivity index (χ4n) is 2.14. The molecule has 0 unspecified atom stereocenters. The molecule has 0 saturated heterocycles. The lowest BCUT2D eigenvalue weighted by Crippen LogP contribution is -1.97. The zero-order valence-corrected chi connectivity index (χ0v) is 9.04. The first-order valence-electron chi connectivity index (χ1n) is 5.16. The Labute approximate surface area is 90.0 Å². The first kappa shape index (κ1) is 9.79. The van der Waals surface area contributed by atoms with Crippen molar-refractivity contribution in [3.8, 4) is 6.07 Å². The smallest absolute Gasteiger partial charge is 0.102 e. The largest absolute Gasteiger partial charge is 0.401 e. The van der Waals surface area contributed by atoms with Gasteiger partial charge in [-0.05, 0) is 17.0 Å². The summed E-state index contributed by atoms with van der Waals surface area (Å²) in [5.41, 5.74) is 10.7. The van der Waals surface area contributed by atoms with Crippen molar-refractivity contribution in [2.75, 3.05) is 0 Å². The van der Waals surface area contributed by atoms with Crippen molar-refractivity contribution in [1.29, 1.82) is 5.26 Å². The van der Waals surface area contributed by atoms with Crippen LogP contribution in [0, 0.1) is 11.3 Å². The van der Waals surface area contributed by atoms with Crippen LogP contribution in [-0.4, -0.2) is 0 Å². The minimum atomic E-state index is 0.425. The highest BCUT2D eigenvalue weighted by molar-refractivity contribution is 5.86. The number of nitriles is 1. The normalized spacial score (nSPS) is 14.3. The summed E-state index contributed by atoms with van der Waals surface area (Å²) < 4.78 is 0. The second-order valence-corrected chi connectivity index (χ2v) is 4.22. The molecule has 0 bridgehead atoms. The van der Waals surface area contributed by atoms with Crippen molar-refractivity contribution in [3.05, 3.63) is 40.6 Å². The SMILES string of the molecule is CC(C)c1cccc2c1C(C#N)=C(N)C2. The Morgan fingerprint density at radius 1 is 1.40 bits per heavy atom. The lowest BCUT2D eigenvalue weighted by atomic mass is 9.92. The van der Waals surface area contributed by atoms with Crippen LogP contribution in [-0.2, 0) is 6.42 Å². The van der Waals surface area contributed by atoms with Crippen molar-refractivity contribution in [3.63, 3.8) is 0 Å². The summed E-state index contributed by atoms with van der Waals surface area (Å²) in [7, 11) is 0. The summed E-state index contributed by atoms with van der Waals surface area (Å²) in [4.78, 5) is 0. The number of benzene rings is 1. The Morgan fingerprint density at radius 3 is 2.73 bits per heavy atom. The molecule has 0 aliphatic heterocycles. The molecule has 0 atom stereocenters. The van der Waals surface area contributed by atoms with Gasteiger partial charge in [0.05, 0.1) is 5.57 Å². The molecular formula is C13H14N2. The number of allylic oxidation sites excluding steroid dienone is 2. The van der Waals surface area contributed by atoms with Crippen LogP contribution in [0.25, 0.3) is 5.57 Å². The predicted molar refractivity (Wildman–Crippen MR) is 61.0 cm³/mol. The molecule has 0 fully saturated rings. The third-order valence-electron chi connectivity index (χ3n) is 2.87. The van der Waals surface area contributed by atoms with E-state index in [9.17, 15) is 0 Å². The van der Waals surface area contributed by atoms with E-state index in [-0.39, 0.29) is 0 Å². The standard InChI is InChI=1S/C13H14N2/c1-8(2)10-5-3-4-9-6-12(15)11(7-14)13(9)10/h3-5,8H,6,15H2,1-2H3. The Balaban J connectivity index is 2.67. The minimum absolute atomic E-state index is 0.425. The molecule has 0 heterocycles. The van der Waals surface area contributed by atoms with Crippen LogP contribution in [0.2, 0.25) is 0 Å². The highest BCUT2D eigenvalue weighted by Crippen LogP contribution is 2.35. The Bertz CT molecular complexity index is 476. The van der Waals surface area contributed by atoms with E-state index in [2.05, 4.69) is 32.0 Å². The van der Waals surface area contributed by atoms with E-state index in [1.54, 1.807) is 0 Å². The average Bonchev–Trinajstić information content (AvgIpc) is 2.52. The van der Waals surface area contributed by atoms with Crippen molar-refractivity contribution in [1.82, 2.24) is 0 Å². The summed E-state index contributed by atoms with van der Waals surface area (Å²) >= 11 is 0. The summed E-state index contributed by atoms with van der Waals surface area (Å²) in [6.45, 7) is 4.28. The van der Waals surface area contributed by atoms with Crippen LogP contribution >= 0.6 is 0 Å². The van der Waals surface area contributed by atoms with Crippen LogP contribution in [0.1, 0.15) is 36.5 Å². The van der Waals surface area contributed by atoms with Crippen LogP contribution in [0.15, 0.2) is 23.9 Å². The van der Waals surface area contributed by atoms with E-state index in [0.717, 1.165) is 12.0 Å². The van der Waals surface area contributed by atoms with Gasteiger partial charge < -0.3 is 5.73 Å². The van der Waals surface area contributed by atoms with Gasteiger partial charge >= 0.3 is 0 Å². The third-order valence-corrected chi connectivity index (χ3v) is 2.87. The van der Waals surface area contributed by atoms with Crippen LogP contribution < -0.4 is 5.73 Å². The van der Waals surface area contributed by atoms with Crippen molar-refractivity contribution >= 4 is 5.57 Å². The number of fused-ring (bicyclic) bond motifs is 1. The maximum atomic E-state index is 9.10. The summed E-state index contributed by atoms with van der Waals surface area (Å²) in [5, 5.41) is 9.10. The molecule has 15 heavy (non-hydrogen) atoms. The molecule has 1 aliphatic rings. The van der Waals surface area contributed by atoms with E-state index >= 15 is 0 Å². The van der Waals surface area contributed by atoms with E-state index in [1.165, 1.54) is 11.1 Å². The Morgan fingerprint density at radius 2 is 2.13 bits per heavy atom. The average molecular weight is 198 g/mol. The fraction of sp³-hybridized carbons (Fsp3) is 0.308. The number of hydrogen-bond donors (Lipinski definition) is 1. The molecule has 2 N–H and O–H groups in total. The maximum Gasteiger partial charge on any atom is 0.102 e. The van der Waals surface area contributed by atoms with E-state index in [1.807, 2.05) is 6.07 Å². The zero-order valence-electron chi connectivity index (χ0n) is 9.04. The van der Waals surface area contributed by atoms with E-state index in [0.29, 0.717) is 17.2 Å². The predicted octanol–water partition coefficient (Wildman–Crippen LogP) is 2.56. The van der Waals surface area contributed by atoms with Crippen molar-refractivity contribution in [2.45, 2.75) is 26.2 Å². The number of rotatable bonds is 1. The number of hydrogen-bond acceptors (Lipinski definition) is 2. The molecule has 0 amide bonds. The molecule has 76 valence electrons. The first-order valence-corrected chi connectivity index (χ1v) is 5.16. The van der Waals surface area contributed by atoms with Gasteiger partial charge in [0.1, 0.15) is 6.07 Å². The molecule has 0 radical (unpaired) electrons. The highest BCUT2D eigenvalue weighted by atomic mass is 14.6. The van der Waals surface area contributed by atoms with E-state index in [4.69, 9.17) is 11.0 Å². The first-order chi connectivity index (χ1) is 7.15. The topological polar surface area (TPSA) is 49.8 Å². The lowest BCUT2D eigenvalue weighted by Gasteiger charge is -2.11. The van der Waals surface area contributed by atoms with Crippen molar-refractivity contribution < 1.29 is 0 Å². The zero-order chi connectivity index (χ0) is 11.0. The fourth-order valence-corrected chi connectivity index (χ4v) is 2.14. The third kappa shape index (κ3) is 1.41. The Hall–Kier alpha value is -1.75.